The lowest BCUT2D eigenvalue weighted by atomic mass is 10.1. The van der Waals surface area contributed by atoms with E-state index >= 15 is 0 Å². The first kappa shape index (κ1) is 19.5. The summed E-state index contributed by atoms with van der Waals surface area (Å²) in [7, 11) is -3.82. The van der Waals surface area contributed by atoms with Crippen molar-refractivity contribution in [1.29, 1.82) is 0 Å². The van der Waals surface area contributed by atoms with Crippen LogP contribution in [-0.2, 0) is 9.84 Å². The van der Waals surface area contributed by atoms with Crippen molar-refractivity contribution in [2.45, 2.75) is 29.2 Å². The molecule has 5 nitrogen and oxygen atoms in total. The first-order valence-corrected chi connectivity index (χ1v) is 11.6. The summed E-state index contributed by atoms with van der Waals surface area (Å²) in [6, 6.07) is 13.5. The highest BCUT2D eigenvalue weighted by atomic mass is 79.9. The van der Waals surface area contributed by atoms with Crippen molar-refractivity contribution in [1.82, 2.24) is 4.98 Å². The minimum atomic E-state index is -3.82. The Hall–Kier alpha value is -1.83. The normalized spacial score (nSPS) is 15.0. The molecule has 2 heterocycles. The van der Waals surface area contributed by atoms with Crippen molar-refractivity contribution >= 4 is 43.3 Å². The minimum Gasteiger partial charge on any atom is -0.419 e. The first-order chi connectivity index (χ1) is 13.4. The monoisotopic (exact) mass is 480 g/mol. The van der Waals surface area contributed by atoms with Gasteiger partial charge in [-0.15, -0.1) is 0 Å². The third-order valence-electron chi connectivity index (χ3n) is 4.69. The zero-order valence-corrected chi connectivity index (χ0v) is 18.1. The van der Waals surface area contributed by atoms with Crippen LogP contribution >= 0.6 is 27.5 Å². The minimum absolute atomic E-state index is 0.0401. The largest absolute Gasteiger partial charge is 0.419 e. The lowest BCUT2D eigenvalue weighted by molar-refractivity contribution is 0.499. The Morgan fingerprint density at radius 3 is 2.25 bits per heavy atom. The first-order valence-electron chi connectivity index (χ1n) is 8.97. The van der Waals surface area contributed by atoms with Gasteiger partial charge in [-0.1, -0.05) is 27.5 Å². The maximum atomic E-state index is 13.3. The van der Waals surface area contributed by atoms with E-state index in [0.717, 1.165) is 36.8 Å². The molecule has 0 spiro atoms. The summed E-state index contributed by atoms with van der Waals surface area (Å²) in [5.41, 5.74) is 0.680. The van der Waals surface area contributed by atoms with Crippen LogP contribution in [0.15, 0.2) is 67.3 Å². The molecular formula is C20H18BrClN2O3S. The molecule has 1 fully saturated rings. The van der Waals surface area contributed by atoms with Gasteiger partial charge in [0.05, 0.1) is 4.90 Å². The zero-order chi connectivity index (χ0) is 19.7. The fourth-order valence-corrected chi connectivity index (χ4v) is 4.92. The maximum absolute atomic E-state index is 13.3. The smallest absolute Gasteiger partial charge is 0.236 e. The van der Waals surface area contributed by atoms with Crippen LogP contribution in [0.2, 0.25) is 5.02 Å². The predicted molar refractivity (Wildman–Crippen MR) is 113 cm³/mol. The Morgan fingerprint density at radius 1 is 0.964 bits per heavy atom. The number of hydrogen-bond donors (Lipinski definition) is 0. The van der Waals surface area contributed by atoms with Crippen molar-refractivity contribution in [3.63, 3.8) is 0 Å². The van der Waals surface area contributed by atoms with Gasteiger partial charge in [-0.3, -0.25) is 0 Å². The summed E-state index contributed by atoms with van der Waals surface area (Å²) in [6.07, 6.45) is 3.12. The SMILES string of the molecule is O=S(=O)(c1ccc(Br)cc1)c1nc(-c2ccc(Cl)cc2)oc1N1CCCCC1. The van der Waals surface area contributed by atoms with Gasteiger partial charge >= 0.3 is 0 Å². The van der Waals surface area contributed by atoms with Crippen molar-refractivity contribution in [2.24, 2.45) is 0 Å². The molecule has 3 aromatic rings. The molecule has 0 bridgehead atoms. The molecule has 1 saturated heterocycles. The fraction of sp³-hybridized carbons (Fsp3) is 0.250. The van der Waals surface area contributed by atoms with Crippen LogP contribution in [0, 0.1) is 0 Å². The van der Waals surface area contributed by atoms with E-state index in [2.05, 4.69) is 20.9 Å². The fourth-order valence-electron chi connectivity index (χ4n) is 3.21. The molecular weight excluding hydrogens is 464 g/mol. The van der Waals surface area contributed by atoms with Crippen molar-refractivity contribution in [2.75, 3.05) is 18.0 Å². The van der Waals surface area contributed by atoms with E-state index in [1.165, 1.54) is 0 Å². The summed E-state index contributed by atoms with van der Waals surface area (Å²) in [4.78, 5) is 6.56. The van der Waals surface area contributed by atoms with Crippen LogP contribution in [0.25, 0.3) is 11.5 Å². The van der Waals surface area contributed by atoms with Gasteiger partial charge in [-0.05, 0) is 67.8 Å². The van der Waals surface area contributed by atoms with Crippen molar-refractivity contribution < 1.29 is 12.8 Å². The molecule has 0 saturated carbocycles. The highest BCUT2D eigenvalue weighted by Gasteiger charge is 2.32. The number of rotatable bonds is 4. The van der Waals surface area contributed by atoms with Crippen LogP contribution in [-0.4, -0.2) is 26.5 Å². The van der Waals surface area contributed by atoms with E-state index in [1.54, 1.807) is 48.5 Å². The number of halogens is 2. The molecule has 8 heteroatoms. The lowest BCUT2D eigenvalue weighted by Gasteiger charge is -2.26. The van der Waals surface area contributed by atoms with Gasteiger partial charge in [-0.2, -0.15) is 4.98 Å². The molecule has 0 unspecified atom stereocenters. The summed E-state index contributed by atoms with van der Waals surface area (Å²) in [6.45, 7) is 1.50. The molecule has 2 aromatic carbocycles. The molecule has 0 amide bonds. The highest BCUT2D eigenvalue weighted by molar-refractivity contribution is 9.10. The van der Waals surface area contributed by atoms with Gasteiger partial charge in [0.2, 0.25) is 26.6 Å². The van der Waals surface area contributed by atoms with Crippen molar-refractivity contribution in [3.8, 4) is 11.5 Å². The summed E-state index contributed by atoms with van der Waals surface area (Å²) >= 11 is 9.30. The average molecular weight is 482 g/mol. The molecule has 28 heavy (non-hydrogen) atoms. The van der Waals surface area contributed by atoms with E-state index < -0.39 is 9.84 Å². The number of piperidine rings is 1. The molecule has 0 radical (unpaired) electrons. The van der Waals surface area contributed by atoms with E-state index in [0.29, 0.717) is 16.5 Å². The van der Waals surface area contributed by atoms with Gasteiger partial charge in [0.1, 0.15) is 0 Å². The Bertz CT molecular complexity index is 1070. The van der Waals surface area contributed by atoms with Gasteiger partial charge < -0.3 is 9.32 Å². The number of hydrogen-bond acceptors (Lipinski definition) is 5. The van der Waals surface area contributed by atoms with Crippen LogP contribution in [0.3, 0.4) is 0 Å². The third-order valence-corrected chi connectivity index (χ3v) is 7.14. The topological polar surface area (TPSA) is 63.4 Å². The number of nitrogens with zero attached hydrogens (tertiary/aromatic N) is 2. The Labute approximate surface area is 177 Å². The Balaban J connectivity index is 1.84. The van der Waals surface area contributed by atoms with Crippen LogP contribution in [0.4, 0.5) is 5.88 Å². The summed E-state index contributed by atoms with van der Waals surface area (Å²) in [5, 5.41) is 0.552. The van der Waals surface area contributed by atoms with E-state index in [-0.39, 0.29) is 15.8 Å². The van der Waals surface area contributed by atoms with E-state index in [4.69, 9.17) is 16.0 Å². The molecule has 0 N–H and O–H groups in total. The second kappa shape index (κ2) is 7.89. The molecule has 146 valence electrons. The maximum Gasteiger partial charge on any atom is 0.236 e. The molecule has 4 rings (SSSR count). The quantitative estimate of drug-likeness (QED) is 0.487. The second-order valence-corrected chi connectivity index (χ2v) is 9.86. The van der Waals surface area contributed by atoms with Crippen molar-refractivity contribution in [3.05, 3.63) is 58.0 Å². The standard InChI is InChI=1S/C20H18BrClN2O3S/c21-15-6-10-17(11-7-15)28(25,26)19-20(24-12-2-1-3-13-24)27-18(23-19)14-4-8-16(22)9-5-14/h4-11H,1-3,12-13H2. The lowest BCUT2D eigenvalue weighted by Crippen LogP contribution is -2.30. The van der Waals surface area contributed by atoms with Gasteiger partial charge in [-0.25, -0.2) is 8.42 Å². The number of sulfone groups is 1. The number of aromatic nitrogens is 1. The molecule has 1 aliphatic rings. The van der Waals surface area contributed by atoms with E-state index in [9.17, 15) is 8.42 Å². The summed E-state index contributed by atoms with van der Waals surface area (Å²) in [5.74, 6) is 0.584. The Kier molecular flexibility index (Phi) is 5.49. The van der Waals surface area contributed by atoms with Crippen LogP contribution < -0.4 is 4.90 Å². The van der Waals surface area contributed by atoms with Crippen LogP contribution in [0.5, 0.6) is 0 Å². The summed E-state index contributed by atoms with van der Waals surface area (Å²) < 4.78 is 33.4. The Morgan fingerprint density at radius 2 is 1.61 bits per heavy atom. The van der Waals surface area contributed by atoms with Crippen LogP contribution in [0.1, 0.15) is 19.3 Å². The molecule has 1 aliphatic heterocycles. The predicted octanol–water partition coefficient (Wildman–Crippen LogP) is 5.58. The highest BCUT2D eigenvalue weighted by Crippen LogP contribution is 2.36. The zero-order valence-electron chi connectivity index (χ0n) is 14.9. The molecule has 0 atom stereocenters. The van der Waals surface area contributed by atoms with Gasteiger partial charge in [0.15, 0.2) is 0 Å². The second-order valence-electron chi connectivity index (χ2n) is 6.64. The molecule has 0 aliphatic carbocycles. The van der Waals surface area contributed by atoms with Gasteiger partial charge in [0.25, 0.3) is 0 Å². The van der Waals surface area contributed by atoms with E-state index in [1.807, 2.05) is 4.90 Å². The number of benzene rings is 2. The number of anilines is 1. The molecule has 1 aromatic heterocycles. The number of oxazole rings is 1. The average Bonchev–Trinajstić information content (AvgIpc) is 3.16. The third kappa shape index (κ3) is 3.83. The van der Waals surface area contributed by atoms with Gasteiger partial charge in [0, 0.05) is 28.1 Å².